The molecule has 33 heavy (non-hydrogen) atoms. The van der Waals surface area contributed by atoms with Crippen LogP contribution in [0.4, 0.5) is 0 Å². The van der Waals surface area contributed by atoms with Gasteiger partial charge >= 0.3 is 0 Å². The number of carbonyl (C=O) groups is 1. The number of halogens is 1. The summed E-state index contributed by atoms with van der Waals surface area (Å²) in [5, 5.41) is 6.30. The van der Waals surface area contributed by atoms with E-state index in [-0.39, 0.29) is 29.9 Å². The van der Waals surface area contributed by atoms with Crippen molar-refractivity contribution in [2.45, 2.75) is 51.4 Å². The Labute approximate surface area is 218 Å². The number of benzene rings is 1. The number of likely N-dealkylation sites (tertiary alicyclic amines) is 2. The quantitative estimate of drug-likeness (QED) is 0.206. The summed E-state index contributed by atoms with van der Waals surface area (Å²) in [4.78, 5) is 21.1. The molecule has 7 heteroatoms. The molecule has 2 aliphatic heterocycles. The topological polar surface area (TPSA) is 60.0 Å². The maximum absolute atomic E-state index is 11.6. The maximum atomic E-state index is 11.6. The van der Waals surface area contributed by atoms with Gasteiger partial charge in [-0.25, -0.2) is 0 Å². The number of carbonyl (C=O) groups excluding carboxylic acids is 1. The van der Waals surface area contributed by atoms with Gasteiger partial charge in [-0.15, -0.1) is 24.0 Å². The van der Waals surface area contributed by atoms with Gasteiger partial charge in [0.15, 0.2) is 5.96 Å². The molecule has 0 radical (unpaired) electrons. The van der Waals surface area contributed by atoms with Crippen LogP contribution in [0.25, 0.3) is 0 Å². The molecule has 186 valence electrons. The number of aliphatic imine (C=N–C) groups is 1. The summed E-state index contributed by atoms with van der Waals surface area (Å²) in [5.41, 5.74) is 1.49. The van der Waals surface area contributed by atoms with E-state index in [1.807, 2.05) is 7.05 Å². The van der Waals surface area contributed by atoms with Gasteiger partial charge in [-0.05, 0) is 82.0 Å². The number of unbranched alkanes of at least 4 members (excludes halogenated alkanes) is 1. The Hall–Kier alpha value is -1.35. The molecule has 2 heterocycles. The Kier molecular flexibility index (Phi) is 13.1. The minimum Gasteiger partial charge on any atom is -0.359 e. The van der Waals surface area contributed by atoms with Crippen molar-refractivity contribution in [2.24, 2.45) is 16.8 Å². The summed E-state index contributed by atoms with van der Waals surface area (Å²) >= 11 is 0. The predicted octanol–water partition coefficient (Wildman–Crippen LogP) is 3.76. The van der Waals surface area contributed by atoms with Crippen LogP contribution < -0.4 is 10.6 Å². The summed E-state index contributed by atoms with van der Waals surface area (Å²) < 4.78 is 0. The van der Waals surface area contributed by atoms with E-state index < -0.39 is 0 Å². The van der Waals surface area contributed by atoms with E-state index in [9.17, 15) is 4.79 Å². The molecule has 2 fully saturated rings. The highest BCUT2D eigenvalue weighted by atomic mass is 127. The van der Waals surface area contributed by atoms with Crippen molar-refractivity contribution in [3.05, 3.63) is 35.9 Å². The molecular weight excluding hydrogens is 525 g/mol. The fraction of sp³-hybridized carbons (Fsp3) is 0.692. The molecule has 1 aromatic carbocycles. The van der Waals surface area contributed by atoms with Crippen molar-refractivity contribution in [2.75, 3.05) is 53.4 Å². The van der Waals surface area contributed by atoms with Gasteiger partial charge in [0, 0.05) is 40.2 Å². The molecule has 2 aliphatic rings. The number of hydrogen-bond acceptors (Lipinski definition) is 3. The first-order valence-electron chi connectivity index (χ1n) is 12.6. The average molecular weight is 570 g/mol. The first-order valence-corrected chi connectivity index (χ1v) is 12.6. The second-order valence-electron chi connectivity index (χ2n) is 9.46. The molecule has 0 aromatic heterocycles. The summed E-state index contributed by atoms with van der Waals surface area (Å²) in [6.45, 7) is 6.66. The van der Waals surface area contributed by atoms with Crippen LogP contribution in [0.5, 0.6) is 0 Å². The van der Waals surface area contributed by atoms with Crippen molar-refractivity contribution in [1.29, 1.82) is 0 Å². The van der Waals surface area contributed by atoms with Crippen LogP contribution in [-0.4, -0.2) is 75.0 Å². The molecule has 0 unspecified atom stereocenters. The van der Waals surface area contributed by atoms with E-state index in [1.165, 1.54) is 57.3 Å². The van der Waals surface area contributed by atoms with Crippen LogP contribution in [0.1, 0.15) is 50.5 Å². The predicted molar refractivity (Wildman–Crippen MR) is 148 cm³/mol. The highest BCUT2D eigenvalue weighted by molar-refractivity contribution is 14.0. The van der Waals surface area contributed by atoms with E-state index in [0.717, 1.165) is 44.4 Å². The second kappa shape index (κ2) is 15.5. The first-order chi connectivity index (χ1) is 15.7. The third-order valence-corrected chi connectivity index (χ3v) is 7.14. The van der Waals surface area contributed by atoms with Crippen molar-refractivity contribution in [3.63, 3.8) is 0 Å². The molecule has 0 saturated carbocycles. The summed E-state index contributed by atoms with van der Waals surface area (Å²) in [6.07, 6.45) is 9.09. The smallest absolute Gasteiger partial charge is 0.220 e. The van der Waals surface area contributed by atoms with E-state index in [2.05, 4.69) is 55.8 Å². The Morgan fingerprint density at radius 2 is 1.67 bits per heavy atom. The van der Waals surface area contributed by atoms with Crippen LogP contribution in [0.2, 0.25) is 0 Å². The number of nitrogens with one attached hydrogen (secondary N) is 2. The fourth-order valence-corrected chi connectivity index (χ4v) is 5.07. The Morgan fingerprint density at radius 3 is 2.30 bits per heavy atom. The molecule has 0 bridgehead atoms. The van der Waals surface area contributed by atoms with E-state index in [1.54, 1.807) is 7.05 Å². The van der Waals surface area contributed by atoms with Gasteiger partial charge in [-0.3, -0.25) is 9.79 Å². The molecular formula is C26H44IN5O. The lowest BCUT2D eigenvalue weighted by atomic mass is 9.90. The maximum Gasteiger partial charge on any atom is 0.220 e. The first kappa shape index (κ1) is 27.9. The number of rotatable bonds is 9. The van der Waals surface area contributed by atoms with Crippen LogP contribution in [0.15, 0.2) is 35.3 Å². The zero-order valence-electron chi connectivity index (χ0n) is 20.6. The van der Waals surface area contributed by atoms with E-state index in [0.29, 0.717) is 12.3 Å². The third kappa shape index (κ3) is 9.81. The Balaban J connectivity index is 0.00000385. The van der Waals surface area contributed by atoms with E-state index in [4.69, 9.17) is 0 Å². The number of nitrogens with zero attached hydrogens (tertiary/aromatic N) is 3. The van der Waals surface area contributed by atoms with Crippen molar-refractivity contribution >= 4 is 35.8 Å². The summed E-state index contributed by atoms with van der Waals surface area (Å²) in [7, 11) is 3.59. The van der Waals surface area contributed by atoms with Gasteiger partial charge in [0.05, 0.1) is 0 Å². The van der Waals surface area contributed by atoms with Crippen LogP contribution in [-0.2, 0) is 11.2 Å². The largest absolute Gasteiger partial charge is 0.359 e. The minimum atomic E-state index is 0. The SMILES string of the molecule is CN=C(NCCCCN1CCC(Cc2ccccc2)CC1)N1CCC(CC(=O)NC)CC1.I. The molecule has 1 aromatic rings. The molecule has 2 N–H and O–H groups in total. The summed E-state index contributed by atoms with van der Waals surface area (Å²) in [6, 6.07) is 10.9. The Bertz CT molecular complexity index is 698. The second-order valence-corrected chi connectivity index (χ2v) is 9.46. The van der Waals surface area contributed by atoms with Crippen LogP contribution >= 0.6 is 24.0 Å². The lowest BCUT2D eigenvalue weighted by molar-refractivity contribution is -0.121. The van der Waals surface area contributed by atoms with Crippen molar-refractivity contribution in [3.8, 4) is 0 Å². The van der Waals surface area contributed by atoms with Crippen LogP contribution in [0.3, 0.4) is 0 Å². The highest BCUT2D eigenvalue weighted by Crippen LogP contribution is 2.22. The lowest BCUT2D eigenvalue weighted by Crippen LogP contribution is -2.46. The third-order valence-electron chi connectivity index (χ3n) is 7.14. The van der Waals surface area contributed by atoms with Crippen molar-refractivity contribution < 1.29 is 4.79 Å². The molecule has 2 saturated heterocycles. The zero-order chi connectivity index (χ0) is 22.6. The number of guanidine groups is 1. The number of piperidine rings is 2. The minimum absolute atomic E-state index is 0. The summed E-state index contributed by atoms with van der Waals surface area (Å²) in [5.74, 6) is 2.52. The van der Waals surface area contributed by atoms with Gasteiger partial charge in [0.1, 0.15) is 0 Å². The fourth-order valence-electron chi connectivity index (χ4n) is 5.07. The van der Waals surface area contributed by atoms with Crippen molar-refractivity contribution in [1.82, 2.24) is 20.4 Å². The Morgan fingerprint density at radius 1 is 1.00 bits per heavy atom. The average Bonchev–Trinajstić information content (AvgIpc) is 2.83. The molecule has 0 spiro atoms. The van der Waals surface area contributed by atoms with E-state index >= 15 is 0 Å². The zero-order valence-corrected chi connectivity index (χ0v) is 22.9. The molecule has 3 rings (SSSR count). The van der Waals surface area contributed by atoms with Gasteiger partial charge in [0.25, 0.3) is 0 Å². The molecule has 1 amide bonds. The van der Waals surface area contributed by atoms with Gasteiger partial charge in [-0.1, -0.05) is 30.3 Å². The van der Waals surface area contributed by atoms with Crippen LogP contribution in [0, 0.1) is 11.8 Å². The number of amides is 1. The van der Waals surface area contributed by atoms with Gasteiger partial charge in [0.2, 0.25) is 5.91 Å². The van der Waals surface area contributed by atoms with Gasteiger partial charge < -0.3 is 20.4 Å². The normalized spacial score (nSPS) is 18.6. The molecule has 0 aliphatic carbocycles. The monoisotopic (exact) mass is 569 g/mol. The number of hydrogen-bond donors (Lipinski definition) is 2. The molecule has 6 nitrogen and oxygen atoms in total. The lowest BCUT2D eigenvalue weighted by Gasteiger charge is -2.34. The standard InChI is InChI=1S/C26H43N5O.HI/c1-27-25(32)21-24-12-18-31(19-13-24)26(28-2)29-14-6-7-15-30-16-10-23(11-17-30)20-22-8-4-3-5-9-22;/h3-5,8-9,23-24H,6-7,10-21H2,1-2H3,(H,27,32)(H,28,29);1H. The van der Waals surface area contributed by atoms with Gasteiger partial charge in [-0.2, -0.15) is 0 Å². The molecule has 0 atom stereocenters. The highest BCUT2D eigenvalue weighted by Gasteiger charge is 2.23.